The normalized spacial score (nSPS) is 50.0. The summed E-state index contributed by atoms with van der Waals surface area (Å²) in [7, 11) is 1.74. The summed E-state index contributed by atoms with van der Waals surface area (Å²) in [4.78, 5) is 29.7. The number of carbonyl (C=O) groups is 2. The Kier molecular flexibility index (Phi) is 3.91. The van der Waals surface area contributed by atoms with E-state index in [9.17, 15) is 9.59 Å². The first-order valence-electron chi connectivity index (χ1n) is 11.5. The fourth-order valence-corrected chi connectivity index (χ4v) is 10.8. The number of methoxy groups -OCH3 is 1. The summed E-state index contributed by atoms with van der Waals surface area (Å²) in [5.41, 5.74) is 1.75. The molecule has 5 rings (SSSR count). The van der Waals surface area contributed by atoms with Gasteiger partial charge >= 0.3 is 0 Å². The van der Waals surface area contributed by atoms with E-state index in [0.29, 0.717) is 5.92 Å². The summed E-state index contributed by atoms with van der Waals surface area (Å²) in [6.07, 6.45) is 2.72. The molecule has 0 radical (unpaired) electrons. The van der Waals surface area contributed by atoms with Gasteiger partial charge in [0.25, 0.3) is 5.24 Å². The summed E-state index contributed by atoms with van der Waals surface area (Å²) >= 11 is 1.42. The minimum absolute atomic E-state index is 0.0164. The van der Waals surface area contributed by atoms with Gasteiger partial charge in [0.05, 0.1) is 17.6 Å². The molecule has 0 N–H and O–H groups in total. The zero-order valence-electron chi connectivity index (χ0n) is 20.0. The molecule has 1 saturated heterocycles. The zero-order chi connectivity index (χ0) is 22.2. The molecule has 4 fully saturated rings. The van der Waals surface area contributed by atoms with Gasteiger partial charge in [0.2, 0.25) is 5.91 Å². The monoisotopic (exact) mass is 431 g/mol. The standard InChI is InChI=1S/C25H37NO3S/c1-13-14(2)24(8)18-17(23(13,7)22(24,5)6)26(20(28)30-18)19(27)25-11-10-15(21(25,3)4)12-16(25)29-9/h15-18H,10-12H2,1-9H3/t15?,16-,17-,18+,23?,24?,25?/m1/s1. The molecule has 0 aromatic rings. The summed E-state index contributed by atoms with van der Waals surface area (Å²) in [6.45, 7) is 18.3. The number of hydrogen-bond donors (Lipinski definition) is 0. The molecule has 5 heteroatoms. The summed E-state index contributed by atoms with van der Waals surface area (Å²) < 4.78 is 5.92. The zero-order valence-corrected chi connectivity index (χ0v) is 20.8. The van der Waals surface area contributed by atoms with Crippen LogP contribution in [0.2, 0.25) is 0 Å². The van der Waals surface area contributed by atoms with Gasteiger partial charge < -0.3 is 4.74 Å². The number of allylic oxidation sites excluding steroid dienone is 1. The molecule has 7 atom stereocenters. The Hall–Kier alpha value is -0.810. The van der Waals surface area contributed by atoms with Gasteiger partial charge in [0.1, 0.15) is 0 Å². The predicted octanol–water partition coefficient (Wildman–Crippen LogP) is 5.66. The molecular weight excluding hydrogens is 394 g/mol. The summed E-state index contributed by atoms with van der Waals surface area (Å²) in [6, 6.07) is -0.0754. The van der Waals surface area contributed by atoms with Crippen LogP contribution < -0.4 is 0 Å². The molecule has 0 aromatic heterocycles. The van der Waals surface area contributed by atoms with Crippen molar-refractivity contribution in [3.05, 3.63) is 11.1 Å². The second kappa shape index (κ2) is 5.57. The molecular formula is C25H37NO3S. The van der Waals surface area contributed by atoms with Crippen LogP contribution in [0.5, 0.6) is 0 Å². The quantitative estimate of drug-likeness (QED) is 0.529. The third kappa shape index (κ3) is 1.72. The smallest absolute Gasteiger partial charge is 0.288 e. The van der Waals surface area contributed by atoms with Crippen molar-refractivity contribution in [1.29, 1.82) is 0 Å². The lowest BCUT2D eigenvalue weighted by Crippen LogP contribution is -2.59. The van der Waals surface area contributed by atoms with Crippen LogP contribution in [-0.4, -0.2) is 40.6 Å². The lowest BCUT2D eigenvalue weighted by molar-refractivity contribution is -0.156. The molecule has 4 bridgehead atoms. The Morgan fingerprint density at radius 2 is 1.67 bits per heavy atom. The Morgan fingerprint density at radius 3 is 2.23 bits per heavy atom. The SMILES string of the molecule is CO[C@@H]1CC2CCC1(C(=O)N1C(=O)S[C@H]3[C@@H]1C1(C)C(C)=C(C)C3(C)C1(C)C)C2(C)C. The van der Waals surface area contributed by atoms with Crippen LogP contribution in [-0.2, 0) is 9.53 Å². The van der Waals surface area contributed by atoms with E-state index in [0.717, 1.165) is 19.3 Å². The maximum Gasteiger partial charge on any atom is 0.288 e. The molecule has 4 nitrogen and oxygen atoms in total. The van der Waals surface area contributed by atoms with E-state index in [1.54, 1.807) is 12.0 Å². The highest BCUT2D eigenvalue weighted by Gasteiger charge is 2.80. The van der Waals surface area contributed by atoms with E-state index in [1.807, 2.05) is 0 Å². The van der Waals surface area contributed by atoms with Gasteiger partial charge in [-0.3, -0.25) is 14.5 Å². The van der Waals surface area contributed by atoms with Crippen LogP contribution in [0.25, 0.3) is 0 Å². The van der Waals surface area contributed by atoms with Gasteiger partial charge in [-0.25, -0.2) is 0 Å². The number of carbonyl (C=O) groups excluding carboxylic acids is 2. The molecule has 4 aliphatic carbocycles. The molecule has 2 amide bonds. The number of hydrogen-bond acceptors (Lipinski definition) is 4. The van der Waals surface area contributed by atoms with Gasteiger partial charge in [0.15, 0.2) is 0 Å². The topological polar surface area (TPSA) is 46.6 Å². The number of nitrogens with zero attached hydrogens (tertiary/aromatic N) is 1. The molecule has 3 saturated carbocycles. The van der Waals surface area contributed by atoms with Gasteiger partial charge in [-0.1, -0.05) is 64.5 Å². The van der Waals surface area contributed by atoms with Crippen molar-refractivity contribution >= 4 is 22.9 Å². The van der Waals surface area contributed by atoms with E-state index in [1.165, 1.54) is 22.9 Å². The van der Waals surface area contributed by atoms with E-state index < -0.39 is 5.41 Å². The highest BCUT2D eigenvalue weighted by molar-refractivity contribution is 8.14. The van der Waals surface area contributed by atoms with Gasteiger partial charge in [-0.15, -0.1) is 0 Å². The van der Waals surface area contributed by atoms with Crippen LogP contribution in [0, 0.1) is 33.0 Å². The molecule has 4 unspecified atom stereocenters. The number of rotatable bonds is 2. The fourth-order valence-electron chi connectivity index (χ4n) is 9.03. The Morgan fingerprint density at radius 1 is 1.07 bits per heavy atom. The van der Waals surface area contributed by atoms with Gasteiger partial charge in [-0.05, 0) is 49.9 Å². The summed E-state index contributed by atoms with van der Waals surface area (Å²) in [5, 5.41) is 0.0811. The van der Waals surface area contributed by atoms with Crippen molar-refractivity contribution in [3.8, 4) is 0 Å². The minimum atomic E-state index is -0.590. The molecule has 1 aliphatic heterocycles. The molecule has 166 valence electrons. The van der Waals surface area contributed by atoms with Crippen molar-refractivity contribution in [2.45, 2.75) is 92.0 Å². The van der Waals surface area contributed by atoms with E-state index in [4.69, 9.17) is 4.74 Å². The Bertz CT molecular complexity index is 906. The maximum atomic E-state index is 14.5. The largest absolute Gasteiger partial charge is 0.380 e. The molecule has 1 heterocycles. The van der Waals surface area contributed by atoms with Crippen molar-refractivity contribution in [1.82, 2.24) is 4.90 Å². The van der Waals surface area contributed by atoms with Crippen molar-refractivity contribution in [2.24, 2.45) is 33.0 Å². The maximum absolute atomic E-state index is 14.5. The third-order valence-electron chi connectivity index (χ3n) is 11.9. The average Bonchev–Trinajstić information content (AvgIpc) is 3.31. The van der Waals surface area contributed by atoms with E-state index in [2.05, 4.69) is 55.4 Å². The highest BCUT2D eigenvalue weighted by atomic mass is 32.2. The Labute approximate surface area is 185 Å². The minimum Gasteiger partial charge on any atom is -0.380 e. The molecule has 0 spiro atoms. The number of imide groups is 1. The predicted molar refractivity (Wildman–Crippen MR) is 120 cm³/mol. The second-order valence-corrected chi connectivity index (χ2v) is 13.2. The van der Waals surface area contributed by atoms with Crippen LogP contribution in [0.15, 0.2) is 11.1 Å². The summed E-state index contributed by atoms with van der Waals surface area (Å²) in [5.74, 6) is 0.531. The lowest BCUT2D eigenvalue weighted by Gasteiger charge is -2.47. The van der Waals surface area contributed by atoms with E-state index in [-0.39, 0.29) is 50.2 Å². The van der Waals surface area contributed by atoms with Gasteiger partial charge in [0, 0.05) is 23.2 Å². The third-order valence-corrected chi connectivity index (χ3v) is 13.2. The number of thioether (sulfide) groups is 1. The van der Waals surface area contributed by atoms with Crippen molar-refractivity contribution < 1.29 is 14.3 Å². The second-order valence-electron chi connectivity index (χ2n) is 12.1. The number of amides is 2. The van der Waals surface area contributed by atoms with Crippen molar-refractivity contribution in [3.63, 3.8) is 0 Å². The lowest BCUT2D eigenvalue weighted by atomic mass is 9.62. The van der Waals surface area contributed by atoms with Crippen LogP contribution in [0.4, 0.5) is 4.79 Å². The van der Waals surface area contributed by atoms with Crippen LogP contribution >= 0.6 is 11.8 Å². The number of ether oxygens (including phenoxy) is 1. The van der Waals surface area contributed by atoms with Gasteiger partial charge in [-0.2, -0.15) is 0 Å². The molecule has 5 aliphatic rings. The first kappa shape index (κ1) is 21.1. The average molecular weight is 432 g/mol. The first-order chi connectivity index (χ1) is 13.8. The Balaban J connectivity index is 1.66. The highest BCUT2D eigenvalue weighted by Crippen LogP contribution is 2.79. The fraction of sp³-hybridized carbons (Fsp3) is 0.840. The molecule has 0 aromatic carbocycles. The van der Waals surface area contributed by atoms with Crippen LogP contribution in [0.3, 0.4) is 0 Å². The molecule has 30 heavy (non-hydrogen) atoms. The van der Waals surface area contributed by atoms with Crippen LogP contribution in [0.1, 0.15) is 74.7 Å². The van der Waals surface area contributed by atoms with E-state index >= 15 is 0 Å². The first-order valence-corrected chi connectivity index (χ1v) is 12.4. The van der Waals surface area contributed by atoms with Crippen molar-refractivity contribution in [2.75, 3.05) is 7.11 Å². The number of fused-ring (bicyclic) bond motifs is 7.